The van der Waals surface area contributed by atoms with E-state index in [1.165, 1.54) is 23.9 Å². The highest BCUT2D eigenvalue weighted by Crippen LogP contribution is 2.45. The zero-order valence-corrected chi connectivity index (χ0v) is 27.6. The van der Waals surface area contributed by atoms with E-state index in [2.05, 4.69) is 10.4 Å². The number of benzene rings is 1. The number of hydrogen-bond acceptors (Lipinski definition) is 7. The largest absolute Gasteiger partial charge is 0.417 e. The molecular formula is C32H41F3N8O3S. The summed E-state index contributed by atoms with van der Waals surface area (Å²) in [6.07, 6.45) is 2.81. The number of aryl methyl sites for hydroxylation is 2. The molecule has 15 heteroatoms. The molecule has 7 rings (SSSR count). The summed E-state index contributed by atoms with van der Waals surface area (Å²) in [6, 6.07) is 2.84. The molecule has 0 spiro atoms. The molecule has 0 unspecified atom stereocenters. The summed E-state index contributed by atoms with van der Waals surface area (Å²) < 4.78 is 75.7. The lowest BCUT2D eigenvalue weighted by molar-refractivity contribution is -0.137. The van der Waals surface area contributed by atoms with Gasteiger partial charge in [-0.25, -0.2) is 12.7 Å². The molecule has 0 aliphatic carbocycles. The van der Waals surface area contributed by atoms with Crippen LogP contribution in [0.1, 0.15) is 67.5 Å². The number of hydrogen-bond donors (Lipinski definition) is 1. The van der Waals surface area contributed by atoms with Gasteiger partial charge in [0, 0.05) is 75.3 Å². The smallest absolute Gasteiger partial charge is 0.338 e. The van der Waals surface area contributed by atoms with Crippen LogP contribution >= 0.6 is 0 Å². The normalized spacial score (nSPS) is 20.4. The van der Waals surface area contributed by atoms with Crippen LogP contribution < -0.4 is 10.2 Å². The number of rotatable bonds is 5. The van der Waals surface area contributed by atoms with E-state index in [1.807, 2.05) is 9.58 Å². The first kappa shape index (κ1) is 32.1. The first-order chi connectivity index (χ1) is 22.4. The maximum absolute atomic E-state index is 14.6. The van der Waals surface area contributed by atoms with Gasteiger partial charge in [0.05, 0.1) is 29.6 Å². The van der Waals surface area contributed by atoms with E-state index in [4.69, 9.17) is 5.10 Å². The molecule has 0 saturated carbocycles. The Kier molecular flexibility index (Phi) is 8.36. The molecule has 3 aromatic rings. The SMILES string of the molecule is CC(=O)N1CCc2c(c(N3CCCc4cc(-c5cnn(C)c5)c(C(F)(F)F)cc43)nn2C2CCN(S(=O)(=O)C3CCNCC3)CC2)C1. The second-order valence-corrected chi connectivity index (χ2v) is 15.4. The number of aromatic nitrogens is 4. The van der Waals surface area contributed by atoms with Crippen molar-refractivity contribution in [1.29, 1.82) is 0 Å². The minimum Gasteiger partial charge on any atom is -0.338 e. The van der Waals surface area contributed by atoms with Crippen LogP contribution in [0.3, 0.4) is 0 Å². The van der Waals surface area contributed by atoms with Gasteiger partial charge in [0.2, 0.25) is 15.9 Å². The maximum Gasteiger partial charge on any atom is 0.417 e. The van der Waals surface area contributed by atoms with Crippen LogP contribution in [0.4, 0.5) is 24.7 Å². The van der Waals surface area contributed by atoms with Crippen LogP contribution in [0, 0.1) is 0 Å². The Hall–Kier alpha value is -3.43. The number of fused-ring (bicyclic) bond motifs is 2. The van der Waals surface area contributed by atoms with Gasteiger partial charge in [0.15, 0.2) is 5.82 Å². The van der Waals surface area contributed by atoms with Crippen molar-refractivity contribution in [2.24, 2.45) is 7.05 Å². The average molecular weight is 675 g/mol. The van der Waals surface area contributed by atoms with E-state index in [0.717, 1.165) is 23.2 Å². The lowest BCUT2D eigenvalue weighted by Crippen LogP contribution is -2.47. The van der Waals surface area contributed by atoms with Crippen LogP contribution in [-0.4, -0.2) is 87.6 Å². The van der Waals surface area contributed by atoms with E-state index >= 15 is 0 Å². The third-order valence-corrected chi connectivity index (χ3v) is 12.7. The molecular weight excluding hydrogens is 633 g/mol. The summed E-state index contributed by atoms with van der Waals surface area (Å²) >= 11 is 0. The highest BCUT2D eigenvalue weighted by molar-refractivity contribution is 7.89. The summed E-state index contributed by atoms with van der Waals surface area (Å²) in [5.41, 5.74) is 2.91. The van der Waals surface area contributed by atoms with Gasteiger partial charge in [0.1, 0.15) is 0 Å². The molecule has 6 heterocycles. The van der Waals surface area contributed by atoms with Crippen LogP contribution in [-0.2, 0) is 47.4 Å². The molecule has 0 atom stereocenters. The van der Waals surface area contributed by atoms with Gasteiger partial charge in [-0.1, -0.05) is 0 Å². The lowest BCUT2D eigenvalue weighted by atomic mass is 9.92. The molecule has 1 aromatic carbocycles. The summed E-state index contributed by atoms with van der Waals surface area (Å²) in [7, 11) is -1.72. The Labute approximate surface area is 272 Å². The molecule has 11 nitrogen and oxygen atoms in total. The van der Waals surface area contributed by atoms with Gasteiger partial charge >= 0.3 is 6.18 Å². The van der Waals surface area contributed by atoms with E-state index < -0.39 is 21.8 Å². The highest BCUT2D eigenvalue weighted by atomic mass is 32.2. The number of nitrogens with one attached hydrogen (secondary N) is 1. The van der Waals surface area contributed by atoms with Crippen molar-refractivity contribution in [2.45, 2.75) is 75.9 Å². The van der Waals surface area contributed by atoms with Gasteiger partial charge in [0.25, 0.3) is 0 Å². The van der Waals surface area contributed by atoms with Crippen molar-refractivity contribution in [2.75, 3.05) is 44.2 Å². The Morgan fingerprint density at radius 2 is 1.77 bits per heavy atom. The molecule has 1 amide bonds. The second kappa shape index (κ2) is 12.2. The van der Waals surface area contributed by atoms with E-state index in [-0.39, 0.29) is 22.8 Å². The summed E-state index contributed by atoms with van der Waals surface area (Å²) in [6.45, 7) is 5.09. The van der Waals surface area contributed by atoms with E-state index in [0.29, 0.717) is 101 Å². The van der Waals surface area contributed by atoms with E-state index in [9.17, 15) is 26.4 Å². The zero-order valence-electron chi connectivity index (χ0n) is 26.8. The number of alkyl halides is 3. The average Bonchev–Trinajstić information content (AvgIpc) is 3.67. The molecule has 4 aliphatic heterocycles. The fraction of sp³-hybridized carbons (Fsp3) is 0.594. The van der Waals surface area contributed by atoms with E-state index in [1.54, 1.807) is 28.5 Å². The molecule has 2 aromatic heterocycles. The molecule has 0 radical (unpaired) electrons. The van der Waals surface area contributed by atoms with Crippen molar-refractivity contribution >= 4 is 27.4 Å². The second-order valence-electron chi connectivity index (χ2n) is 13.2. The van der Waals surface area contributed by atoms with Gasteiger partial charge < -0.3 is 15.1 Å². The zero-order chi connectivity index (χ0) is 33.1. The molecule has 254 valence electrons. The highest BCUT2D eigenvalue weighted by Gasteiger charge is 2.40. The first-order valence-electron chi connectivity index (χ1n) is 16.5. The monoisotopic (exact) mass is 674 g/mol. The number of amides is 1. The number of nitrogens with zero attached hydrogens (tertiary/aromatic N) is 7. The number of sulfonamides is 1. The number of halogens is 3. The van der Waals surface area contributed by atoms with Crippen LogP contribution in [0.5, 0.6) is 0 Å². The third-order valence-electron chi connectivity index (χ3n) is 10.3. The first-order valence-corrected chi connectivity index (χ1v) is 18.0. The molecule has 4 aliphatic rings. The Balaban J connectivity index is 1.24. The fourth-order valence-electron chi connectivity index (χ4n) is 7.75. The maximum atomic E-state index is 14.6. The fourth-order valence-corrected chi connectivity index (χ4v) is 9.72. The van der Waals surface area contributed by atoms with Crippen LogP contribution in [0.25, 0.3) is 11.1 Å². The molecule has 2 fully saturated rings. The predicted octanol–water partition coefficient (Wildman–Crippen LogP) is 4.01. The van der Waals surface area contributed by atoms with Gasteiger partial charge in [-0.2, -0.15) is 23.4 Å². The Bertz CT molecular complexity index is 1770. The number of piperidine rings is 2. The molecule has 47 heavy (non-hydrogen) atoms. The van der Waals surface area contributed by atoms with Gasteiger partial charge in [-0.3, -0.25) is 14.2 Å². The standard InChI is InChI=1S/C32H41F3N8O3S/c1-21(44)40-13-9-29-27(20-40)31(38-43(29)24-7-14-41(15-8-24)47(45,46)25-5-10-36-11-6-25)42-12-3-4-22-16-26(23-18-37-39(2)19-23)28(17-30(22)42)32(33,34)35/h16-19,24-25,36H,3-15,20H2,1-2H3. The predicted molar refractivity (Wildman–Crippen MR) is 171 cm³/mol. The number of anilines is 2. The van der Waals surface area contributed by atoms with Crippen molar-refractivity contribution in [3.8, 4) is 11.1 Å². The number of carbonyl (C=O) groups is 1. The molecule has 2 saturated heterocycles. The van der Waals surface area contributed by atoms with Crippen LogP contribution in [0.2, 0.25) is 0 Å². The quantitative estimate of drug-likeness (QED) is 0.436. The molecule has 1 N–H and O–H groups in total. The lowest BCUT2D eigenvalue weighted by Gasteiger charge is -2.36. The minimum atomic E-state index is -4.59. The van der Waals surface area contributed by atoms with Crippen molar-refractivity contribution < 1.29 is 26.4 Å². The minimum absolute atomic E-state index is 0.0520. The Morgan fingerprint density at radius 3 is 2.43 bits per heavy atom. The third kappa shape index (κ3) is 5.94. The summed E-state index contributed by atoms with van der Waals surface area (Å²) in [4.78, 5) is 16.1. The van der Waals surface area contributed by atoms with Crippen molar-refractivity contribution in [3.05, 3.63) is 46.9 Å². The van der Waals surface area contributed by atoms with Gasteiger partial charge in [-0.15, -0.1) is 0 Å². The van der Waals surface area contributed by atoms with Crippen LogP contribution in [0.15, 0.2) is 24.5 Å². The topological polar surface area (TPSA) is 109 Å². The van der Waals surface area contributed by atoms with Crippen molar-refractivity contribution in [1.82, 2.24) is 34.1 Å². The van der Waals surface area contributed by atoms with Crippen molar-refractivity contribution in [3.63, 3.8) is 0 Å². The number of carbonyl (C=O) groups excluding carboxylic acids is 1. The summed E-state index contributed by atoms with van der Waals surface area (Å²) in [5, 5.41) is 12.1. The molecule has 0 bridgehead atoms. The summed E-state index contributed by atoms with van der Waals surface area (Å²) in [5.74, 6) is 0.518. The Morgan fingerprint density at radius 1 is 1.02 bits per heavy atom. The van der Waals surface area contributed by atoms with Gasteiger partial charge in [-0.05, 0) is 74.9 Å².